The lowest BCUT2D eigenvalue weighted by molar-refractivity contribution is -0.385. The Morgan fingerprint density at radius 2 is 1.76 bits per heavy atom. The number of nitrogens with zero attached hydrogens (tertiary/aromatic N) is 1. The van der Waals surface area contributed by atoms with Crippen LogP contribution in [0.1, 0.15) is 47.1 Å². The molecular weight excluding hydrogens is 446 g/mol. The minimum Gasteiger partial charge on any atom is -0.465 e. The summed E-state index contributed by atoms with van der Waals surface area (Å²) in [5.41, 5.74) is 1.59. The highest BCUT2D eigenvalue weighted by Gasteiger charge is 2.27. The van der Waals surface area contributed by atoms with Gasteiger partial charge in [0.25, 0.3) is 17.5 Å². The van der Waals surface area contributed by atoms with Gasteiger partial charge in [0.1, 0.15) is 5.00 Å². The first-order chi connectivity index (χ1) is 15.7. The number of hydrogen-bond donors (Lipinski definition) is 2. The summed E-state index contributed by atoms with van der Waals surface area (Å²) in [5.74, 6) is -1.77. The van der Waals surface area contributed by atoms with E-state index in [1.165, 1.54) is 19.2 Å². The second-order valence-electron chi connectivity index (χ2n) is 7.13. The molecule has 1 heterocycles. The van der Waals surface area contributed by atoms with Crippen LogP contribution in [0.15, 0.2) is 48.5 Å². The van der Waals surface area contributed by atoms with Crippen LogP contribution in [-0.4, -0.2) is 29.8 Å². The molecule has 3 aromatic rings. The molecule has 0 aliphatic carbocycles. The Hall–Kier alpha value is -4.05. The van der Waals surface area contributed by atoms with E-state index in [2.05, 4.69) is 10.6 Å². The second-order valence-corrected chi connectivity index (χ2v) is 8.15. The maximum absolute atomic E-state index is 12.8. The van der Waals surface area contributed by atoms with Crippen molar-refractivity contribution in [3.05, 3.63) is 91.3 Å². The molecule has 0 aliphatic heterocycles. The second kappa shape index (κ2) is 10.0. The van der Waals surface area contributed by atoms with E-state index in [0.29, 0.717) is 17.7 Å². The lowest BCUT2D eigenvalue weighted by Gasteiger charge is -2.07. The fraction of sp³-hybridized carbons (Fsp3) is 0.174. The van der Waals surface area contributed by atoms with Crippen LogP contribution in [0.2, 0.25) is 0 Å². The van der Waals surface area contributed by atoms with Crippen molar-refractivity contribution in [1.29, 1.82) is 0 Å². The summed E-state index contributed by atoms with van der Waals surface area (Å²) in [6.07, 6.45) is 0. The van der Waals surface area contributed by atoms with Crippen LogP contribution in [0.4, 0.5) is 10.7 Å². The molecule has 170 valence electrons. The Labute approximate surface area is 193 Å². The summed E-state index contributed by atoms with van der Waals surface area (Å²) in [4.78, 5) is 48.8. The summed E-state index contributed by atoms with van der Waals surface area (Å²) in [6, 6.07) is 13.4. The third kappa shape index (κ3) is 5.24. The number of benzene rings is 2. The van der Waals surface area contributed by atoms with Crippen LogP contribution < -0.4 is 10.6 Å². The van der Waals surface area contributed by atoms with E-state index >= 15 is 0 Å². The number of amides is 2. The highest BCUT2D eigenvalue weighted by Crippen LogP contribution is 2.34. The topological polar surface area (TPSA) is 128 Å². The average Bonchev–Trinajstić information content (AvgIpc) is 3.13. The molecule has 10 heteroatoms. The lowest BCUT2D eigenvalue weighted by atomic mass is 10.1. The number of carbonyl (C=O) groups is 3. The van der Waals surface area contributed by atoms with E-state index in [9.17, 15) is 24.5 Å². The monoisotopic (exact) mass is 467 g/mol. The Kier molecular flexibility index (Phi) is 7.19. The molecule has 2 aromatic carbocycles. The van der Waals surface area contributed by atoms with Gasteiger partial charge in [-0.2, -0.15) is 0 Å². The lowest BCUT2D eigenvalue weighted by Crippen LogP contribution is -2.22. The van der Waals surface area contributed by atoms with Crippen molar-refractivity contribution in [2.24, 2.45) is 0 Å². The number of nitro benzene ring substituents is 1. The third-order valence-electron chi connectivity index (χ3n) is 4.93. The molecule has 0 bridgehead atoms. The zero-order valence-corrected chi connectivity index (χ0v) is 18.9. The number of nitrogens with one attached hydrogen (secondary N) is 2. The number of anilines is 1. The van der Waals surface area contributed by atoms with Crippen molar-refractivity contribution in [2.75, 3.05) is 12.4 Å². The van der Waals surface area contributed by atoms with Gasteiger partial charge < -0.3 is 15.4 Å². The van der Waals surface area contributed by atoms with Crippen LogP contribution in [0, 0.1) is 24.0 Å². The van der Waals surface area contributed by atoms with E-state index in [-0.39, 0.29) is 26.7 Å². The molecule has 0 saturated heterocycles. The molecule has 2 N–H and O–H groups in total. The zero-order valence-electron chi connectivity index (χ0n) is 18.1. The molecule has 0 radical (unpaired) electrons. The van der Waals surface area contributed by atoms with Gasteiger partial charge in [0.05, 0.1) is 22.5 Å². The predicted octanol–water partition coefficient (Wildman–Crippen LogP) is 4.24. The molecule has 0 spiro atoms. The molecule has 9 nitrogen and oxygen atoms in total. The quantitative estimate of drug-likeness (QED) is 0.304. The first-order valence-electron chi connectivity index (χ1n) is 9.83. The highest BCUT2D eigenvalue weighted by atomic mass is 32.1. The van der Waals surface area contributed by atoms with Gasteiger partial charge in [-0.3, -0.25) is 19.7 Å². The highest BCUT2D eigenvalue weighted by molar-refractivity contribution is 7.18. The van der Waals surface area contributed by atoms with Crippen LogP contribution in [0.5, 0.6) is 0 Å². The smallest absolute Gasteiger partial charge is 0.341 e. The minimum atomic E-state index is -0.712. The number of esters is 1. The normalized spacial score (nSPS) is 10.4. The van der Waals surface area contributed by atoms with Gasteiger partial charge in [0.15, 0.2) is 0 Å². The first kappa shape index (κ1) is 23.6. The Balaban J connectivity index is 1.89. The number of methoxy groups -OCH3 is 1. The van der Waals surface area contributed by atoms with Crippen LogP contribution in [-0.2, 0) is 11.3 Å². The van der Waals surface area contributed by atoms with Crippen molar-refractivity contribution in [1.82, 2.24) is 5.32 Å². The maximum atomic E-state index is 12.8. The molecule has 0 fully saturated rings. The van der Waals surface area contributed by atoms with Crippen molar-refractivity contribution >= 4 is 39.8 Å². The van der Waals surface area contributed by atoms with E-state index in [1.54, 1.807) is 13.8 Å². The fourth-order valence-corrected chi connectivity index (χ4v) is 4.25. The van der Waals surface area contributed by atoms with E-state index in [0.717, 1.165) is 23.0 Å². The Morgan fingerprint density at radius 1 is 1.06 bits per heavy atom. The van der Waals surface area contributed by atoms with Crippen LogP contribution in [0.3, 0.4) is 0 Å². The van der Waals surface area contributed by atoms with Gasteiger partial charge in [-0.25, -0.2) is 4.79 Å². The summed E-state index contributed by atoms with van der Waals surface area (Å²) in [6.45, 7) is 3.45. The van der Waals surface area contributed by atoms with Crippen molar-refractivity contribution < 1.29 is 24.0 Å². The Bertz CT molecular complexity index is 1240. The van der Waals surface area contributed by atoms with Crippen LogP contribution >= 0.6 is 11.3 Å². The number of ether oxygens (including phenoxy) is 1. The Morgan fingerprint density at radius 3 is 2.39 bits per heavy atom. The maximum Gasteiger partial charge on any atom is 0.341 e. The van der Waals surface area contributed by atoms with Gasteiger partial charge >= 0.3 is 5.97 Å². The molecule has 3 rings (SSSR count). The van der Waals surface area contributed by atoms with Crippen molar-refractivity contribution in [3.8, 4) is 0 Å². The molecule has 0 saturated carbocycles. The van der Waals surface area contributed by atoms with E-state index in [4.69, 9.17) is 4.74 Å². The summed E-state index contributed by atoms with van der Waals surface area (Å²) >= 11 is 0.931. The van der Waals surface area contributed by atoms with Gasteiger partial charge in [-0.1, -0.05) is 36.4 Å². The number of nitro groups is 1. The van der Waals surface area contributed by atoms with E-state index in [1.807, 2.05) is 30.3 Å². The molecule has 1 aromatic heterocycles. The SMILES string of the molecule is COC(=O)c1c(NC(=O)c2ccc(C)c([N+](=O)[O-])c2)sc(C(=O)NCc2ccccc2)c1C. The van der Waals surface area contributed by atoms with Crippen molar-refractivity contribution in [2.45, 2.75) is 20.4 Å². The predicted molar refractivity (Wildman–Crippen MR) is 124 cm³/mol. The largest absolute Gasteiger partial charge is 0.465 e. The summed E-state index contributed by atoms with van der Waals surface area (Å²) in [7, 11) is 1.20. The van der Waals surface area contributed by atoms with E-state index < -0.39 is 22.7 Å². The van der Waals surface area contributed by atoms with Gasteiger partial charge in [-0.05, 0) is 31.0 Å². The number of hydrogen-bond acceptors (Lipinski definition) is 7. The number of thiophene rings is 1. The van der Waals surface area contributed by atoms with Crippen LogP contribution in [0.25, 0.3) is 0 Å². The number of carbonyl (C=O) groups excluding carboxylic acids is 3. The third-order valence-corrected chi connectivity index (χ3v) is 6.14. The van der Waals surface area contributed by atoms with Crippen molar-refractivity contribution in [3.63, 3.8) is 0 Å². The average molecular weight is 468 g/mol. The summed E-state index contributed by atoms with van der Waals surface area (Å²) in [5, 5.41) is 16.7. The zero-order chi connectivity index (χ0) is 24.1. The molecule has 2 amide bonds. The van der Waals surface area contributed by atoms with Gasteiger partial charge in [-0.15, -0.1) is 11.3 Å². The molecule has 0 unspecified atom stereocenters. The fourth-order valence-electron chi connectivity index (χ4n) is 3.15. The standard InChI is InChI=1S/C23H21N3O6S/c1-13-9-10-16(11-17(13)26(30)31)20(27)25-22-18(23(29)32-3)14(2)19(33-22)21(28)24-12-15-7-5-4-6-8-15/h4-11H,12H2,1-3H3,(H,24,28)(H,25,27). The minimum absolute atomic E-state index is 0.0456. The number of aryl methyl sites for hydroxylation is 1. The van der Waals surface area contributed by atoms with Gasteiger partial charge in [0.2, 0.25) is 0 Å². The molecule has 0 atom stereocenters. The molecule has 33 heavy (non-hydrogen) atoms. The molecule has 0 aliphatic rings. The van der Waals surface area contributed by atoms with Gasteiger partial charge in [0, 0.05) is 23.7 Å². The first-order valence-corrected chi connectivity index (χ1v) is 10.6. The summed E-state index contributed by atoms with van der Waals surface area (Å²) < 4.78 is 4.83. The molecular formula is C23H21N3O6S. The number of rotatable bonds is 7.